The minimum absolute atomic E-state index is 0.0697. The van der Waals surface area contributed by atoms with Crippen LogP contribution in [0.15, 0.2) is 0 Å². The van der Waals surface area contributed by atoms with Gasteiger partial charge in [-0.05, 0) is 19.3 Å². The monoisotopic (exact) mass is 298 g/mol. The number of aliphatic carboxylic acids is 1. The summed E-state index contributed by atoms with van der Waals surface area (Å²) >= 11 is 0. The van der Waals surface area contributed by atoms with Crippen LogP contribution in [0, 0.1) is 17.3 Å². The van der Waals surface area contributed by atoms with Crippen LogP contribution in [-0.4, -0.2) is 41.8 Å². The highest BCUT2D eigenvalue weighted by atomic mass is 16.5. The third-order valence-corrected chi connectivity index (χ3v) is 5.35. The average Bonchev–Trinajstić information content (AvgIpc) is 2.90. The Balaban J connectivity index is 1.85. The van der Waals surface area contributed by atoms with Crippen LogP contribution < -0.4 is 11.1 Å². The number of ether oxygens (including phenoxy) is 1. The molecule has 1 saturated heterocycles. The van der Waals surface area contributed by atoms with Gasteiger partial charge in [0.15, 0.2) is 0 Å². The second kappa shape index (κ2) is 5.57. The molecule has 2 aliphatic rings. The maximum atomic E-state index is 12.5. The molecular formula is C15H26N2O4. The summed E-state index contributed by atoms with van der Waals surface area (Å²) in [7, 11) is 0. The molecule has 0 aromatic heterocycles. The van der Waals surface area contributed by atoms with Gasteiger partial charge in [-0.25, -0.2) is 0 Å². The molecule has 0 spiro atoms. The average molecular weight is 298 g/mol. The van der Waals surface area contributed by atoms with Crippen LogP contribution in [-0.2, 0) is 14.3 Å². The normalized spacial score (nSPS) is 34.7. The SMILES string of the molecule is CC(CCCNC(=O)C1(N)C2CCOC2C1(C)C)C(=O)O. The molecule has 6 nitrogen and oxygen atoms in total. The summed E-state index contributed by atoms with van der Waals surface area (Å²) in [5.41, 5.74) is 5.16. The van der Waals surface area contributed by atoms with E-state index < -0.39 is 11.5 Å². The Hall–Kier alpha value is -1.14. The molecule has 2 fully saturated rings. The molecule has 1 saturated carbocycles. The quantitative estimate of drug-likeness (QED) is 0.628. The fraction of sp³-hybridized carbons (Fsp3) is 0.867. The zero-order valence-electron chi connectivity index (χ0n) is 13.0. The van der Waals surface area contributed by atoms with Crippen molar-refractivity contribution >= 4 is 11.9 Å². The first-order valence-corrected chi connectivity index (χ1v) is 7.64. The summed E-state index contributed by atoms with van der Waals surface area (Å²) < 4.78 is 5.67. The van der Waals surface area contributed by atoms with Crippen molar-refractivity contribution in [2.24, 2.45) is 23.0 Å². The predicted molar refractivity (Wildman–Crippen MR) is 77.6 cm³/mol. The lowest BCUT2D eigenvalue weighted by Gasteiger charge is -2.60. The summed E-state index contributed by atoms with van der Waals surface area (Å²) in [5, 5.41) is 11.7. The highest BCUT2D eigenvalue weighted by Gasteiger charge is 2.71. The zero-order valence-corrected chi connectivity index (χ0v) is 13.0. The van der Waals surface area contributed by atoms with Gasteiger partial charge < -0.3 is 20.9 Å². The van der Waals surface area contributed by atoms with Crippen LogP contribution >= 0.6 is 0 Å². The van der Waals surface area contributed by atoms with Crippen molar-refractivity contribution in [2.75, 3.05) is 13.2 Å². The maximum Gasteiger partial charge on any atom is 0.306 e. The molecule has 1 amide bonds. The molecule has 4 N–H and O–H groups in total. The zero-order chi connectivity index (χ0) is 15.8. The Labute approximate surface area is 125 Å². The molecule has 0 aromatic carbocycles. The van der Waals surface area contributed by atoms with Gasteiger partial charge in [0.2, 0.25) is 5.91 Å². The third kappa shape index (κ3) is 2.44. The molecule has 21 heavy (non-hydrogen) atoms. The second-order valence-corrected chi connectivity index (χ2v) is 6.91. The molecule has 1 heterocycles. The Morgan fingerprint density at radius 2 is 2.14 bits per heavy atom. The van der Waals surface area contributed by atoms with Crippen molar-refractivity contribution in [3.8, 4) is 0 Å². The number of nitrogens with one attached hydrogen (secondary N) is 1. The number of hydrogen-bond acceptors (Lipinski definition) is 4. The number of carbonyl (C=O) groups is 2. The van der Waals surface area contributed by atoms with Crippen LogP contribution in [0.3, 0.4) is 0 Å². The van der Waals surface area contributed by atoms with Gasteiger partial charge in [-0.1, -0.05) is 20.8 Å². The van der Waals surface area contributed by atoms with Gasteiger partial charge in [0.25, 0.3) is 0 Å². The van der Waals surface area contributed by atoms with Crippen molar-refractivity contribution in [2.45, 2.75) is 51.7 Å². The van der Waals surface area contributed by atoms with E-state index in [9.17, 15) is 9.59 Å². The van der Waals surface area contributed by atoms with Gasteiger partial charge in [0.1, 0.15) is 5.54 Å². The lowest BCUT2D eigenvalue weighted by Crippen LogP contribution is -2.80. The number of amides is 1. The number of carbonyl (C=O) groups excluding carboxylic acids is 1. The molecule has 120 valence electrons. The van der Waals surface area contributed by atoms with E-state index in [1.54, 1.807) is 6.92 Å². The summed E-state index contributed by atoms with van der Waals surface area (Å²) in [6.07, 6.45) is 2.08. The largest absolute Gasteiger partial charge is 0.481 e. The second-order valence-electron chi connectivity index (χ2n) is 6.91. The standard InChI is InChI=1S/C15H26N2O4/c1-9(12(18)19)5-4-7-17-13(20)15(16)10-6-8-21-11(10)14(15,2)3/h9-11H,4-8,16H2,1-3H3,(H,17,20)(H,18,19). The van der Waals surface area contributed by atoms with E-state index in [1.807, 2.05) is 13.8 Å². The highest BCUT2D eigenvalue weighted by Crippen LogP contribution is 2.58. The lowest BCUT2D eigenvalue weighted by molar-refractivity contribution is -0.175. The molecule has 4 atom stereocenters. The molecule has 1 aliphatic carbocycles. The number of hydrogen-bond donors (Lipinski definition) is 3. The smallest absolute Gasteiger partial charge is 0.306 e. The summed E-state index contributed by atoms with van der Waals surface area (Å²) in [6, 6.07) is 0. The third-order valence-electron chi connectivity index (χ3n) is 5.35. The van der Waals surface area contributed by atoms with Crippen LogP contribution in [0.25, 0.3) is 0 Å². The lowest BCUT2D eigenvalue weighted by atomic mass is 9.48. The van der Waals surface area contributed by atoms with E-state index >= 15 is 0 Å². The van der Waals surface area contributed by atoms with Crippen LogP contribution in [0.1, 0.15) is 40.0 Å². The van der Waals surface area contributed by atoms with Crippen LogP contribution in [0.2, 0.25) is 0 Å². The first-order valence-electron chi connectivity index (χ1n) is 7.64. The van der Waals surface area contributed by atoms with E-state index in [1.165, 1.54) is 0 Å². The van der Waals surface area contributed by atoms with Crippen molar-refractivity contribution in [1.29, 1.82) is 0 Å². The van der Waals surface area contributed by atoms with E-state index in [4.69, 9.17) is 15.6 Å². The van der Waals surface area contributed by atoms with Crippen molar-refractivity contribution in [1.82, 2.24) is 5.32 Å². The summed E-state index contributed by atoms with van der Waals surface area (Å²) in [5.74, 6) is -1.24. The minimum atomic E-state index is -0.882. The topological polar surface area (TPSA) is 102 Å². The number of carboxylic acid groups (broad SMARTS) is 1. The molecule has 0 bridgehead atoms. The van der Waals surface area contributed by atoms with E-state index in [0.29, 0.717) is 26.0 Å². The molecule has 0 aromatic rings. The number of nitrogens with two attached hydrogens (primary N) is 1. The Kier molecular flexibility index (Phi) is 4.31. The molecule has 0 radical (unpaired) electrons. The molecule has 2 rings (SSSR count). The summed E-state index contributed by atoms with van der Waals surface area (Å²) in [6.45, 7) is 6.76. The summed E-state index contributed by atoms with van der Waals surface area (Å²) in [4.78, 5) is 23.2. The van der Waals surface area contributed by atoms with E-state index in [2.05, 4.69) is 5.32 Å². The fourth-order valence-electron chi connectivity index (χ4n) is 3.73. The first kappa shape index (κ1) is 16.2. The molecule has 1 aliphatic heterocycles. The predicted octanol–water partition coefficient (Wildman–Crippen LogP) is 0.746. The maximum absolute atomic E-state index is 12.5. The highest BCUT2D eigenvalue weighted by molar-refractivity contribution is 5.89. The molecular weight excluding hydrogens is 272 g/mol. The number of carboxylic acids is 1. The Morgan fingerprint density at radius 1 is 1.48 bits per heavy atom. The van der Waals surface area contributed by atoms with Crippen LogP contribution in [0.4, 0.5) is 0 Å². The number of fused-ring (bicyclic) bond motifs is 1. The Morgan fingerprint density at radius 3 is 2.76 bits per heavy atom. The van der Waals surface area contributed by atoms with Gasteiger partial charge in [0.05, 0.1) is 12.0 Å². The first-order chi connectivity index (χ1) is 9.73. The van der Waals surface area contributed by atoms with Gasteiger partial charge in [0, 0.05) is 24.5 Å². The molecule has 4 unspecified atom stereocenters. The van der Waals surface area contributed by atoms with Gasteiger partial charge in [-0.15, -0.1) is 0 Å². The van der Waals surface area contributed by atoms with Gasteiger partial charge >= 0.3 is 5.97 Å². The minimum Gasteiger partial charge on any atom is -0.481 e. The van der Waals surface area contributed by atoms with Crippen molar-refractivity contribution in [3.63, 3.8) is 0 Å². The molecule has 6 heteroatoms. The fourth-order valence-corrected chi connectivity index (χ4v) is 3.73. The van der Waals surface area contributed by atoms with E-state index in [-0.39, 0.29) is 29.3 Å². The van der Waals surface area contributed by atoms with Crippen molar-refractivity contribution in [3.05, 3.63) is 0 Å². The van der Waals surface area contributed by atoms with Crippen molar-refractivity contribution < 1.29 is 19.4 Å². The van der Waals surface area contributed by atoms with Gasteiger partial charge in [-0.3, -0.25) is 9.59 Å². The van der Waals surface area contributed by atoms with Crippen LogP contribution in [0.5, 0.6) is 0 Å². The van der Waals surface area contributed by atoms with E-state index in [0.717, 1.165) is 6.42 Å². The Bertz CT molecular complexity index is 437. The van der Waals surface area contributed by atoms with Gasteiger partial charge in [-0.2, -0.15) is 0 Å². The number of rotatable bonds is 6.